The highest BCUT2D eigenvalue weighted by Gasteiger charge is 2.41. The number of fused-ring (bicyclic) bond motifs is 1. The summed E-state index contributed by atoms with van der Waals surface area (Å²) in [6.45, 7) is 0. The molecule has 0 saturated carbocycles. The van der Waals surface area contributed by atoms with Gasteiger partial charge in [-0.2, -0.15) is 0 Å². The van der Waals surface area contributed by atoms with Gasteiger partial charge in [0.05, 0.1) is 20.3 Å². The molecule has 4 nitrogen and oxygen atoms in total. The van der Waals surface area contributed by atoms with E-state index in [9.17, 15) is 16.8 Å². The zero-order valence-electron chi connectivity index (χ0n) is 18.4. The molecule has 6 heteroatoms. The largest absolute Gasteiger partial charge is 0.223 e. The van der Waals surface area contributed by atoms with Gasteiger partial charge in [-0.25, -0.2) is 16.8 Å². The Morgan fingerprint density at radius 1 is 0.559 bits per heavy atom. The average Bonchev–Trinajstić information content (AvgIpc) is 2.89. The van der Waals surface area contributed by atoms with Gasteiger partial charge in [-0.1, -0.05) is 78.9 Å². The molecule has 0 heterocycles. The molecule has 1 aliphatic carbocycles. The van der Waals surface area contributed by atoms with Crippen molar-refractivity contribution in [2.45, 2.75) is 33.1 Å². The molecule has 0 N–H and O–H groups in total. The van der Waals surface area contributed by atoms with Crippen LogP contribution < -0.4 is 0 Å². The molecule has 0 amide bonds. The summed E-state index contributed by atoms with van der Waals surface area (Å²) < 4.78 is 54.6. The molecule has 34 heavy (non-hydrogen) atoms. The summed E-state index contributed by atoms with van der Waals surface area (Å²) in [5.74, 6) is 0. The summed E-state index contributed by atoms with van der Waals surface area (Å²) in [5.41, 5.74) is 3.35. The van der Waals surface area contributed by atoms with Crippen LogP contribution in [0.3, 0.4) is 0 Å². The lowest BCUT2D eigenvalue weighted by molar-refractivity contribution is 0.539. The standard InChI is InChI=1S/C28H24O4S2/c29-33(30,24-12-6-2-7-13-24)26-18-23-17-16-22(21-10-4-1-5-11-21)19-27(23)28(20-26)34(31,32)25-14-8-3-9-15-25/h1-17,19,26,28H,18,20H2/t26-,28-/m1/s1. The first kappa shape index (κ1) is 22.6. The predicted octanol–water partition coefficient (Wildman–Crippen LogP) is 5.66. The molecule has 0 unspecified atom stereocenters. The molecule has 0 radical (unpaired) electrons. The normalized spacial score (nSPS) is 18.2. The Balaban J connectivity index is 1.65. The van der Waals surface area contributed by atoms with E-state index in [4.69, 9.17) is 0 Å². The van der Waals surface area contributed by atoms with Gasteiger partial charge in [-0.3, -0.25) is 0 Å². The third-order valence-corrected chi connectivity index (χ3v) is 10.8. The fourth-order valence-corrected chi connectivity index (χ4v) is 8.48. The molecule has 5 rings (SSSR count). The highest BCUT2D eigenvalue weighted by molar-refractivity contribution is 7.93. The first-order valence-corrected chi connectivity index (χ1v) is 14.2. The number of sulfone groups is 2. The van der Waals surface area contributed by atoms with Crippen LogP contribution in [0.15, 0.2) is 119 Å². The lowest BCUT2D eigenvalue weighted by Gasteiger charge is -2.32. The van der Waals surface area contributed by atoms with Crippen molar-refractivity contribution in [2.75, 3.05) is 0 Å². The zero-order valence-corrected chi connectivity index (χ0v) is 20.0. The van der Waals surface area contributed by atoms with Gasteiger partial charge in [0.15, 0.2) is 19.7 Å². The molecule has 0 saturated heterocycles. The van der Waals surface area contributed by atoms with E-state index in [-0.39, 0.29) is 22.6 Å². The lowest BCUT2D eigenvalue weighted by atomic mass is 9.88. The Labute approximate surface area is 200 Å². The molecule has 0 spiro atoms. The second-order valence-corrected chi connectivity index (χ2v) is 12.9. The van der Waals surface area contributed by atoms with Crippen molar-refractivity contribution in [3.63, 3.8) is 0 Å². The van der Waals surface area contributed by atoms with Crippen LogP contribution in [0.5, 0.6) is 0 Å². The second-order valence-electron chi connectivity index (χ2n) is 8.55. The van der Waals surface area contributed by atoms with Gasteiger partial charge in [-0.05, 0) is 65.4 Å². The van der Waals surface area contributed by atoms with Crippen molar-refractivity contribution in [1.82, 2.24) is 0 Å². The molecule has 4 aromatic carbocycles. The predicted molar refractivity (Wildman–Crippen MR) is 134 cm³/mol. The molecular formula is C28H24O4S2. The van der Waals surface area contributed by atoms with Gasteiger partial charge in [0, 0.05) is 0 Å². The number of hydrogen-bond acceptors (Lipinski definition) is 4. The summed E-state index contributed by atoms with van der Waals surface area (Å²) in [6.07, 6.45) is 0.294. The Hall–Kier alpha value is -3.22. The van der Waals surface area contributed by atoms with Crippen molar-refractivity contribution >= 4 is 19.7 Å². The van der Waals surface area contributed by atoms with Gasteiger partial charge < -0.3 is 0 Å². The number of hydrogen-bond donors (Lipinski definition) is 0. The van der Waals surface area contributed by atoms with Gasteiger partial charge in [0.2, 0.25) is 0 Å². The smallest absolute Gasteiger partial charge is 0.185 e. The quantitative estimate of drug-likeness (QED) is 0.364. The highest BCUT2D eigenvalue weighted by atomic mass is 32.2. The fraction of sp³-hybridized carbons (Fsp3) is 0.143. The summed E-state index contributed by atoms with van der Waals surface area (Å²) in [6, 6.07) is 32.1. The Bertz CT molecular complexity index is 1510. The maximum atomic E-state index is 13.8. The van der Waals surface area contributed by atoms with Crippen LogP contribution in [0, 0.1) is 0 Å². The summed E-state index contributed by atoms with van der Waals surface area (Å²) in [5, 5.41) is -1.78. The second kappa shape index (κ2) is 8.85. The third kappa shape index (κ3) is 4.08. The summed E-state index contributed by atoms with van der Waals surface area (Å²) in [4.78, 5) is 0.425. The van der Waals surface area contributed by atoms with E-state index < -0.39 is 30.2 Å². The summed E-state index contributed by atoms with van der Waals surface area (Å²) in [7, 11) is -7.52. The van der Waals surface area contributed by atoms with E-state index >= 15 is 0 Å². The maximum absolute atomic E-state index is 13.8. The van der Waals surface area contributed by atoms with E-state index in [1.807, 2.05) is 48.5 Å². The van der Waals surface area contributed by atoms with Crippen LogP contribution in [-0.2, 0) is 26.1 Å². The van der Waals surface area contributed by atoms with Gasteiger partial charge in [-0.15, -0.1) is 0 Å². The number of benzene rings is 4. The molecule has 0 bridgehead atoms. The molecule has 0 aromatic heterocycles. The molecule has 2 atom stereocenters. The molecule has 0 fully saturated rings. The molecule has 172 valence electrons. The van der Waals surface area contributed by atoms with Crippen molar-refractivity contribution in [2.24, 2.45) is 0 Å². The molecular weight excluding hydrogens is 464 g/mol. The monoisotopic (exact) mass is 488 g/mol. The minimum atomic E-state index is -3.81. The minimum Gasteiger partial charge on any atom is -0.223 e. The van der Waals surface area contributed by atoms with E-state index in [2.05, 4.69) is 0 Å². The average molecular weight is 489 g/mol. The summed E-state index contributed by atoms with van der Waals surface area (Å²) >= 11 is 0. The van der Waals surface area contributed by atoms with Crippen LogP contribution in [0.2, 0.25) is 0 Å². The van der Waals surface area contributed by atoms with Crippen molar-refractivity contribution in [1.29, 1.82) is 0 Å². The fourth-order valence-electron chi connectivity index (χ4n) is 4.69. The Kier molecular flexibility index (Phi) is 5.88. The van der Waals surface area contributed by atoms with Crippen molar-refractivity contribution < 1.29 is 16.8 Å². The van der Waals surface area contributed by atoms with Crippen molar-refractivity contribution in [3.8, 4) is 11.1 Å². The Morgan fingerprint density at radius 3 is 1.68 bits per heavy atom. The third-order valence-electron chi connectivity index (χ3n) is 6.48. The lowest BCUT2D eigenvalue weighted by Crippen LogP contribution is -2.33. The minimum absolute atomic E-state index is 0.0136. The molecule has 0 aliphatic heterocycles. The van der Waals surface area contributed by atoms with Crippen LogP contribution in [0.1, 0.15) is 22.8 Å². The van der Waals surface area contributed by atoms with Crippen LogP contribution in [0.4, 0.5) is 0 Å². The van der Waals surface area contributed by atoms with Crippen LogP contribution in [0.25, 0.3) is 11.1 Å². The maximum Gasteiger partial charge on any atom is 0.185 e. The zero-order chi connectivity index (χ0) is 23.8. The van der Waals surface area contributed by atoms with Crippen molar-refractivity contribution in [3.05, 3.63) is 120 Å². The first-order chi connectivity index (χ1) is 16.4. The van der Waals surface area contributed by atoms with Gasteiger partial charge >= 0.3 is 0 Å². The van der Waals surface area contributed by atoms with E-state index in [1.165, 1.54) is 0 Å². The number of rotatable bonds is 5. The highest BCUT2D eigenvalue weighted by Crippen LogP contribution is 2.43. The van der Waals surface area contributed by atoms with Gasteiger partial charge in [0.25, 0.3) is 0 Å². The van der Waals surface area contributed by atoms with Crippen LogP contribution in [-0.4, -0.2) is 22.1 Å². The first-order valence-electron chi connectivity index (χ1n) is 11.1. The van der Waals surface area contributed by atoms with Gasteiger partial charge in [0.1, 0.15) is 0 Å². The van der Waals surface area contributed by atoms with E-state index in [0.717, 1.165) is 16.7 Å². The van der Waals surface area contributed by atoms with E-state index in [1.54, 1.807) is 60.7 Å². The topological polar surface area (TPSA) is 68.3 Å². The van der Waals surface area contributed by atoms with Crippen LogP contribution >= 0.6 is 0 Å². The van der Waals surface area contributed by atoms with E-state index in [0.29, 0.717) is 5.56 Å². The Morgan fingerprint density at radius 2 is 1.09 bits per heavy atom. The SMILES string of the molecule is O=S(=O)(c1ccccc1)[C@@H]1Cc2ccc(-c3ccccc3)cc2[C@H](S(=O)(=O)c2ccccc2)C1. The molecule has 1 aliphatic rings. The molecule has 4 aromatic rings.